The molecule has 104 valence electrons. The van der Waals surface area contributed by atoms with Crippen molar-refractivity contribution < 1.29 is 9.13 Å². The lowest BCUT2D eigenvalue weighted by atomic mass is 9.73. The van der Waals surface area contributed by atoms with Crippen molar-refractivity contribution in [3.8, 4) is 5.75 Å². The number of methoxy groups -OCH3 is 1. The molecule has 0 fully saturated rings. The maximum absolute atomic E-state index is 14.1. The van der Waals surface area contributed by atoms with Crippen molar-refractivity contribution in [3.05, 3.63) is 59.2 Å². The van der Waals surface area contributed by atoms with Gasteiger partial charge >= 0.3 is 0 Å². The van der Waals surface area contributed by atoms with Crippen LogP contribution in [0, 0.1) is 5.82 Å². The predicted molar refractivity (Wildman–Crippen MR) is 75.1 cm³/mol. The quantitative estimate of drug-likeness (QED) is 0.914. The fourth-order valence-electron chi connectivity index (χ4n) is 3.02. The van der Waals surface area contributed by atoms with E-state index < -0.39 is 5.54 Å². The SMILES string of the molecule is COc1ccc2c(c1)C(N)(c1ccncc1F)CCC2. The molecular weight excluding hydrogens is 255 g/mol. The topological polar surface area (TPSA) is 48.1 Å². The first kappa shape index (κ1) is 13.1. The molecule has 1 unspecified atom stereocenters. The molecule has 3 nitrogen and oxygen atoms in total. The smallest absolute Gasteiger partial charge is 0.146 e. The van der Waals surface area contributed by atoms with Gasteiger partial charge in [0.25, 0.3) is 0 Å². The van der Waals surface area contributed by atoms with Crippen LogP contribution in [0.5, 0.6) is 5.75 Å². The van der Waals surface area contributed by atoms with Gasteiger partial charge in [-0.05, 0) is 48.6 Å². The van der Waals surface area contributed by atoms with Gasteiger partial charge in [0.15, 0.2) is 0 Å². The number of nitrogens with two attached hydrogens (primary N) is 1. The molecule has 1 aliphatic carbocycles. The number of nitrogens with zero attached hydrogens (tertiary/aromatic N) is 1. The van der Waals surface area contributed by atoms with E-state index in [4.69, 9.17) is 10.5 Å². The van der Waals surface area contributed by atoms with Gasteiger partial charge in [-0.1, -0.05) is 6.07 Å². The second-order valence-corrected chi connectivity index (χ2v) is 5.20. The summed E-state index contributed by atoms with van der Waals surface area (Å²) in [4.78, 5) is 3.81. The molecule has 0 saturated heterocycles. The van der Waals surface area contributed by atoms with Crippen LogP contribution in [0.1, 0.15) is 29.5 Å². The maximum Gasteiger partial charge on any atom is 0.146 e. The number of ether oxygens (including phenoxy) is 1. The minimum atomic E-state index is -0.810. The Balaban J connectivity index is 2.19. The highest BCUT2D eigenvalue weighted by Crippen LogP contribution is 2.40. The molecule has 1 aromatic carbocycles. The van der Waals surface area contributed by atoms with Gasteiger partial charge in [-0.15, -0.1) is 0 Å². The summed E-state index contributed by atoms with van der Waals surface area (Å²) in [6.07, 6.45) is 5.43. The third kappa shape index (κ3) is 1.96. The summed E-state index contributed by atoms with van der Waals surface area (Å²) in [7, 11) is 1.62. The lowest BCUT2D eigenvalue weighted by Crippen LogP contribution is -2.42. The third-order valence-corrected chi connectivity index (χ3v) is 4.07. The Bertz CT molecular complexity index is 644. The highest BCUT2D eigenvalue weighted by atomic mass is 19.1. The Morgan fingerprint density at radius 2 is 2.15 bits per heavy atom. The highest BCUT2D eigenvalue weighted by molar-refractivity contribution is 5.47. The van der Waals surface area contributed by atoms with Crippen LogP contribution in [0.2, 0.25) is 0 Å². The molecular formula is C16H17FN2O. The van der Waals surface area contributed by atoms with E-state index in [0.717, 1.165) is 29.7 Å². The number of aromatic nitrogens is 1. The molecule has 0 saturated carbocycles. The highest BCUT2D eigenvalue weighted by Gasteiger charge is 2.36. The van der Waals surface area contributed by atoms with E-state index in [-0.39, 0.29) is 5.82 Å². The molecule has 0 amide bonds. The van der Waals surface area contributed by atoms with Gasteiger partial charge in [-0.25, -0.2) is 4.39 Å². The molecule has 1 heterocycles. The van der Waals surface area contributed by atoms with Crippen LogP contribution in [-0.4, -0.2) is 12.1 Å². The molecule has 2 aromatic rings. The van der Waals surface area contributed by atoms with Crippen molar-refractivity contribution >= 4 is 0 Å². The van der Waals surface area contributed by atoms with Crippen molar-refractivity contribution in [3.63, 3.8) is 0 Å². The van der Waals surface area contributed by atoms with E-state index in [2.05, 4.69) is 4.98 Å². The van der Waals surface area contributed by atoms with E-state index in [9.17, 15) is 4.39 Å². The zero-order valence-electron chi connectivity index (χ0n) is 11.4. The molecule has 2 N–H and O–H groups in total. The number of halogens is 1. The van der Waals surface area contributed by atoms with Crippen molar-refractivity contribution in [2.75, 3.05) is 7.11 Å². The van der Waals surface area contributed by atoms with Crippen LogP contribution in [0.25, 0.3) is 0 Å². The van der Waals surface area contributed by atoms with Gasteiger partial charge in [0.2, 0.25) is 0 Å². The number of pyridine rings is 1. The maximum atomic E-state index is 14.1. The summed E-state index contributed by atoms with van der Waals surface area (Å²) in [6.45, 7) is 0. The second-order valence-electron chi connectivity index (χ2n) is 5.20. The normalized spacial score (nSPS) is 21.4. The Morgan fingerprint density at radius 3 is 2.90 bits per heavy atom. The summed E-state index contributed by atoms with van der Waals surface area (Å²) in [5.41, 5.74) is 8.40. The molecule has 0 radical (unpaired) electrons. The zero-order valence-corrected chi connectivity index (χ0v) is 11.4. The molecule has 0 bridgehead atoms. The summed E-state index contributed by atoms with van der Waals surface area (Å²) < 4.78 is 19.4. The number of rotatable bonds is 2. The van der Waals surface area contributed by atoms with Crippen molar-refractivity contribution in [1.29, 1.82) is 0 Å². The monoisotopic (exact) mass is 272 g/mol. The van der Waals surface area contributed by atoms with Crippen LogP contribution >= 0.6 is 0 Å². The van der Waals surface area contributed by atoms with Gasteiger partial charge in [0, 0.05) is 11.8 Å². The van der Waals surface area contributed by atoms with E-state index in [0.29, 0.717) is 12.0 Å². The molecule has 1 atom stereocenters. The number of aryl methyl sites for hydroxylation is 1. The largest absolute Gasteiger partial charge is 0.497 e. The molecule has 3 rings (SSSR count). The average molecular weight is 272 g/mol. The van der Waals surface area contributed by atoms with Gasteiger partial charge in [-0.3, -0.25) is 4.98 Å². The van der Waals surface area contributed by atoms with Crippen LogP contribution in [0.3, 0.4) is 0 Å². The Kier molecular flexibility index (Phi) is 3.18. The van der Waals surface area contributed by atoms with Crippen LogP contribution in [0.4, 0.5) is 4.39 Å². The molecule has 20 heavy (non-hydrogen) atoms. The molecule has 0 aliphatic heterocycles. The van der Waals surface area contributed by atoms with E-state index in [1.165, 1.54) is 6.20 Å². The first-order valence-corrected chi connectivity index (χ1v) is 6.71. The fraction of sp³-hybridized carbons (Fsp3) is 0.312. The summed E-state index contributed by atoms with van der Waals surface area (Å²) in [6, 6.07) is 7.54. The first-order chi connectivity index (χ1) is 9.65. The Hall–Kier alpha value is -1.94. The average Bonchev–Trinajstić information content (AvgIpc) is 2.48. The van der Waals surface area contributed by atoms with E-state index in [1.807, 2.05) is 18.2 Å². The number of hydrogen-bond donors (Lipinski definition) is 1. The lowest BCUT2D eigenvalue weighted by molar-refractivity contribution is 0.399. The number of benzene rings is 1. The number of fused-ring (bicyclic) bond motifs is 1. The van der Waals surface area contributed by atoms with Crippen LogP contribution in [0.15, 0.2) is 36.7 Å². The van der Waals surface area contributed by atoms with Crippen LogP contribution in [-0.2, 0) is 12.0 Å². The Labute approximate surface area is 117 Å². The fourth-order valence-corrected chi connectivity index (χ4v) is 3.02. The van der Waals surface area contributed by atoms with Crippen molar-refractivity contribution in [1.82, 2.24) is 4.98 Å². The zero-order chi connectivity index (χ0) is 14.2. The molecule has 1 aromatic heterocycles. The minimum absolute atomic E-state index is 0.356. The predicted octanol–water partition coefficient (Wildman–Crippen LogP) is 2.77. The van der Waals surface area contributed by atoms with Gasteiger partial charge < -0.3 is 10.5 Å². The van der Waals surface area contributed by atoms with Gasteiger partial charge in [0.1, 0.15) is 11.6 Å². The van der Waals surface area contributed by atoms with Gasteiger partial charge in [-0.2, -0.15) is 0 Å². The van der Waals surface area contributed by atoms with Gasteiger partial charge in [0.05, 0.1) is 18.8 Å². The lowest BCUT2D eigenvalue weighted by Gasteiger charge is -2.36. The van der Waals surface area contributed by atoms with Crippen molar-refractivity contribution in [2.24, 2.45) is 5.73 Å². The van der Waals surface area contributed by atoms with E-state index in [1.54, 1.807) is 19.4 Å². The summed E-state index contributed by atoms with van der Waals surface area (Å²) in [5, 5.41) is 0. The number of hydrogen-bond acceptors (Lipinski definition) is 3. The molecule has 4 heteroatoms. The summed E-state index contributed by atoms with van der Waals surface area (Å²) >= 11 is 0. The van der Waals surface area contributed by atoms with E-state index >= 15 is 0 Å². The van der Waals surface area contributed by atoms with Crippen molar-refractivity contribution in [2.45, 2.75) is 24.8 Å². The molecule has 1 aliphatic rings. The summed E-state index contributed by atoms with van der Waals surface area (Å²) in [5.74, 6) is 0.389. The third-order valence-electron chi connectivity index (χ3n) is 4.07. The Morgan fingerprint density at radius 1 is 1.30 bits per heavy atom. The minimum Gasteiger partial charge on any atom is -0.497 e. The van der Waals surface area contributed by atoms with Crippen LogP contribution < -0.4 is 10.5 Å². The second kappa shape index (κ2) is 4.87. The standard InChI is InChI=1S/C16H17FN2O/c1-20-12-5-4-11-3-2-7-16(18,14(11)9-12)13-6-8-19-10-15(13)17/h4-6,8-10H,2-3,7,18H2,1H3. The first-order valence-electron chi connectivity index (χ1n) is 6.71. The molecule has 0 spiro atoms.